The van der Waals surface area contributed by atoms with Crippen LogP contribution in [0.3, 0.4) is 0 Å². The molecule has 3 rings (SSSR count). The van der Waals surface area contributed by atoms with Gasteiger partial charge in [-0.1, -0.05) is 23.2 Å². The van der Waals surface area contributed by atoms with Gasteiger partial charge in [-0.3, -0.25) is 0 Å². The minimum atomic E-state index is -1.60. The van der Waals surface area contributed by atoms with E-state index in [0.717, 1.165) is 25.4 Å². The van der Waals surface area contributed by atoms with E-state index in [0.29, 0.717) is 6.07 Å². The van der Waals surface area contributed by atoms with Crippen LogP contribution < -0.4 is 5.32 Å². The first-order valence-corrected chi connectivity index (χ1v) is 8.54. The number of aromatic nitrogens is 1. The molecular formula is C18H12Cl2F3N3O2. The summed E-state index contributed by atoms with van der Waals surface area (Å²) in [5, 5.41) is 2.38. The summed E-state index contributed by atoms with van der Waals surface area (Å²) in [5.74, 6) is -3.58. The summed E-state index contributed by atoms with van der Waals surface area (Å²) in [5.41, 5.74) is -1.92. The maximum Gasteiger partial charge on any atom is 0.339 e. The molecule has 0 radical (unpaired) electrons. The van der Waals surface area contributed by atoms with E-state index in [1.54, 1.807) is 0 Å². The predicted octanol–water partition coefficient (Wildman–Crippen LogP) is 4.04. The number of methoxy groups -OCH3 is 1. The molecule has 10 heteroatoms. The molecule has 146 valence electrons. The third-order valence-corrected chi connectivity index (χ3v) is 4.62. The Kier molecular flexibility index (Phi) is 5.36. The highest BCUT2D eigenvalue weighted by molar-refractivity contribution is 6.33. The average molecular weight is 430 g/mol. The van der Waals surface area contributed by atoms with Gasteiger partial charge in [-0.25, -0.2) is 27.9 Å². The molecule has 28 heavy (non-hydrogen) atoms. The van der Waals surface area contributed by atoms with Crippen LogP contribution in [0.15, 0.2) is 46.2 Å². The first kappa shape index (κ1) is 20.2. The van der Waals surface area contributed by atoms with Crippen LogP contribution in [0, 0.1) is 17.5 Å². The second-order valence-corrected chi connectivity index (χ2v) is 6.79. The quantitative estimate of drug-likeness (QED) is 0.590. The predicted molar refractivity (Wildman–Crippen MR) is 97.5 cm³/mol. The van der Waals surface area contributed by atoms with E-state index in [-0.39, 0.29) is 32.8 Å². The normalized spacial score (nSPS) is 19.2. The van der Waals surface area contributed by atoms with Gasteiger partial charge < -0.3 is 10.1 Å². The molecule has 1 unspecified atom stereocenters. The molecule has 0 saturated carbocycles. The summed E-state index contributed by atoms with van der Waals surface area (Å²) in [6, 6.07) is 4.19. The van der Waals surface area contributed by atoms with Crippen molar-refractivity contribution in [2.45, 2.75) is 12.5 Å². The second-order valence-electron chi connectivity index (χ2n) is 5.98. The second kappa shape index (κ2) is 7.44. The molecule has 1 aliphatic rings. The fourth-order valence-electron chi connectivity index (χ4n) is 2.82. The van der Waals surface area contributed by atoms with Gasteiger partial charge in [-0.05, 0) is 30.7 Å². The third-order valence-electron chi connectivity index (χ3n) is 4.12. The number of hydrogen-bond acceptors (Lipinski definition) is 5. The number of halogens is 5. The van der Waals surface area contributed by atoms with E-state index in [4.69, 9.17) is 27.9 Å². The van der Waals surface area contributed by atoms with Crippen molar-refractivity contribution in [2.75, 3.05) is 7.11 Å². The zero-order valence-electron chi connectivity index (χ0n) is 14.5. The zero-order valence-corrected chi connectivity index (χ0v) is 16.0. The molecule has 0 fully saturated rings. The average Bonchev–Trinajstić information content (AvgIpc) is 2.60. The Morgan fingerprint density at radius 1 is 1.14 bits per heavy atom. The molecule has 0 saturated heterocycles. The van der Waals surface area contributed by atoms with Crippen molar-refractivity contribution in [3.8, 4) is 0 Å². The van der Waals surface area contributed by atoms with Crippen LogP contribution >= 0.6 is 23.2 Å². The van der Waals surface area contributed by atoms with Gasteiger partial charge in [0.2, 0.25) is 0 Å². The van der Waals surface area contributed by atoms with Crippen LogP contribution in [0.25, 0.3) is 0 Å². The minimum Gasteiger partial charge on any atom is -0.465 e. The van der Waals surface area contributed by atoms with E-state index in [1.807, 2.05) is 0 Å². The molecule has 1 aromatic heterocycles. The Hall–Kier alpha value is -2.58. The molecule has 1 atom stereocenters. The maximum absolute atomic E-state index is 14.2. The molecule has 0 spiro atoms. The van der Waals surface area contributed by atoms with Crippen LogP contribution in [-0.4, -0.2) is 23.9 Å². The number of amidine groups is 1. The van der Waals surface area contributed by atoms with E-state index in [1.165, 1.54) is 13.0 Å². The van der Waals surface area contributed by atoms with Gasteiger partial charge in [-0.15, -0.1) is 0 Å². The van der Waals surface area contributed by atoms with Gasteiger partial charge in [0.25, 0.3) is 0 Å². The lowest BCUT2D eigenvalue weighted by molar-refractivity contribution is -0.136. The SMILES string of the molecule is COC(=O)C1=C(Cl)NC(c2ncc(F)cc2F)=NC1(C)c1cc(F)cc(Cl)c1. The van der Waals surface area contributed by atoms with E-state index >= 15 is 0 Å². The first-order valence-electron chi connectivity index (χ1n) is 7.79. The fourth-order valence-corrected chi connectivity index (χ4v) is 3.40. The van der Waals surface area contributed by atoms with Gasteiger partial charge in [0.15, 0.2) is 11.7 Å². The Balaban J connectivity index is 2.26. The van der Waals surface area contributed by atoms with Crippen LogP contribution in [0.5, 0.6) is 0 Å². The number of nitrogens with one attached hydrogen (secondary N) is 1. The number of nitrogens with zero attached hydrogens (tertiary/aromatic N) is 2. The minimum absolute atomic E-state index is 0.0536. The van der Waals surface area contributed by atoms with Gasteiger partial charge in [-0.2, -0.15) is 0 Å². The summed E-state index contributed by atoms with van der Waals surface area (Å²) >= 11 is 12.2. The number of esters is 1. The smallest absolute Gasteiger partial charge is 0.339 e. The van der Waals surface area contributed by atoms with Gasteiger partial charge in [0.05, 0.1) is 13.3 Å². The fraction of sp³-hybridized carbons (Fsp3) is 0.167. The molecule has 1 aromatic carbocycles. The highest BCUT2D eigenvalue weighted by atomic mass is 35.5. The highest BCUT2D eigenvalue weighted by Gasteiger charge is 2.42. The molecule has 1 aliphatic heterocycles. The Morgan fingerprint density at radius 3 is 2.46 bits per heavy atom. The number of pyridine rings is 1. The summed E-state index contributed by atoms with van der Waals surface area (Å²) < 4.78 is 46.1. The topological polar surface area (TPSA) is 63.6 Å². The summed E-state index contributed by atoms with van der Waals surface area (Å²) in [6.07, 6.45) is 0.798. The van der Waals surface area contributed by atoms with Gasteiger partial charge >= 0.3 is 5.97 Å². The Bertz CT molecular complexity index is 1020. The van der Waals surface area contributed by atoms with Crippen molar-refractivity contribution in [3.05, 3.63) is 74.9 Å². The molecule has 1 N–H and O–H groups in total. The Morgan fingerprint density at radius 2 is 1.86 bits per heavy atom. The van der Waals surface area contributed by atoms with E-state index < -0.39 is 29.0 Å². The zero-order chi connectivity index (χ0) is 20.6. The van der Waals surface area contributed by atoms with Crippen LogP contribution in [-0.2, 0) is 15.1 Å². The van der Waals surface area contributed by atoms with Crippen LogP contribution in [0.1, 0.15) is 18.2 Å². The third kappa shape index (κ3) is 3.57. The van der Waals surface area contributed by atoms with Gasteiger partial charge in [0.1, 0.15) is 33.6 Å². The number of carbonyl (C=O) groups is 1. The molecule has 0 amide bonds. The number of ether oxygens (including phenoxy) is 1. The van der Waals surface area contributed by atoms with Crippen molar-refractivity contribution in [2.24, 2.45) is 4.99 Å². The molecule has 2 heterocycles. The maximum atomic E-state index is 14.2. The molecule has 0 bridgehead atoms. The van der Waals surface area contributed by atoms with Crippen molar-refractivity contribution in [1.29, 1.82) is 0 Å². The first-order chi connectivity index (χ1) is 13.2. The molecule has 2 aromatic rings. The lowest BCUT2D eigenvalue weighted by atomic mass is 9.84. The standard InChI is InChI=1S/C18H12Cl2F3N3O2/c1-18(8-3-9(19)5-10(21)4-8)13(17(27)28-2)15(20)25-16(26-18)14-12(23)6-11(22)7-24-14/h3-7H,1-2H3,(H,25,26). The molecular weight excluding hydrogens is 418 g/mol. The van der Waals surface area contributed by atoms with Crippen molar-refractivity contribution < 1.29 is 22.7 Å². The molecule has 0 aliphatic carbocycles. The summed E-state index contributed by atoms with van der Waals surface area (Å²) in [7, 11) is 1.14. The van der Waals surface area contributed by atoms with E-state index in [2.05, 4.69) is 15.3 Å². The van der Waals surface area contributed by atoms with Crippen molar-refractivity contribution in [3.63, 3.8) is 0 Å². The van der Waals surface area contributed by atoms with Crippen molar-refractivity contribution in [1.82, 2.24) is 10.3 Å². The number of hydrogen-bond donors (Lipinski definition) is 1. The van der Waals surface area contributed by atoms with E-state index in [9.17, 15) is 18.0 Å². The monoisotopic (exact) mass is 429 g/mol. The van der Waals surface area contributed by atoms with Crippen LogP contribution in [0.4, 0.5) is 13.2 Å². The molecule has 5 nitrogen and oxygen atoms in total. The largest absolute Gasteiger partial charge is 0.465 e. The number of benzene rings is 1. The number of rotatable bonds is 3. The lowest BCUT2D eigenvalue weighted by Crippen LogP contribution is -2.41. The highest BCUT2D eigenvalue weighted by Crippen LogP contribution is 2.40. The Labute approximate surface area is 167 Å². The number of aliphatic imine (C=N–C) groups is 1. The van der Waals surface area contributed by atoms with Crippen LogP contribution in [0.2, 0.25) is 5.02 Å². The van der Waals surface area contributed by atoms with Gasteiger partial charge in [0, 0.05) is 11.1 Å². The summed E-state index contributed by atoms with van der Waals surface area (Å²) in [4.78, 5) is 20.4. The van der Waals surface area contributed by atoms with Crippen molar-refractivity contribution >= 4 is 35.0 Å². The lowest BCUT2D eigenvalue weighted by Gasteiger charge is -2.33. The number of carbonyl (C=O) groups excluding carboxylic acids is 1. The summed E-state index contributed by atoms with van der Waals surface area (Å²) in [6.45, 7) is 1.45.